The number of hydrogen-bond donors (Lipinski definition) is 3. The Labute approximate surface area is 187 Å². The lowest BCUT2D eigenvalue weighted by Crippen LogP contribution is -2.60. The van der Waals surface area contributed by atoms with Crippen LogP contribution in [0.4, 0.5) is 16.3 Å². The maximum absolute atomic E-state index is 12.7. The Hall–Kier alpha value is -2.88. The van der Waals surface area contributed by atoms with Crippen LogP contribution in [-0.4, -0.2) is 37.3 Å². The van der Waals surface area contributed by atoms with E-state index in [-0.39, 0.29) is 28.2 Å². The Bertz CT molecular complexity index is 1070. The number of hydrogen-bond acceptors (Lipinski definition) is 6. The number of nitrogens with one attached hydrogen (secondary N) is 3. The molecule has 3 N–H and O–H groups in total. The lowest BCUT2D eigenvalue weighted by Gasteiger charge is -2.56. The van der Waals surface area contributed by atoms with E-state index in [0.717, 1.165) is 37.0 Å². The number of anilines is 2. The highest BCUT2D eigenvalue weighted by Gasteiger charge is 2.51. The van der Waals surface area contributed by atoms with E-state index in [1.165, 1.54) is 50.6 Å². The molecule has 4 aliphatic carbocycles. The number of amides is 2. The lowest BCUT2D eigenvalue weighted by molar-refractivity contribution is -0.0127. The van der Waals surface area contributed by atoms with Crippen LogP contribution in [0.25, 0.3) is 0 Å². The summed E-state index contributed by atoms with van der Waals surface area (Å²) < 4.78 is 32.5. The smallest absolute Gasteiger partial charge is 0.319 e. The van der Waals surface area contributed by atoms with Gasteiger partial charge in [0.25, 0.3) is 10.0 Å². The quantitative estimate of drug-likeness (QED) is 0.611. The molecule has 1 aromatic carbocycles. The van der Waals surface area contributed by atoms with Crippen molar-refractivity contribution in [3.05, 3.63) is 36.4 Å². The highest BCUT2D eigenvalue weighted by atomic mass is 32.2. The molecule has 2 amide bonds. The number of aromatic nitrogens is 2. The summed E-state index contributed by atoms with van der Waals surface area (Å²) in [5.41, 5.74) is 0.459. The summed E-state index contributed by atoms with van der Waals surface area (Å²) in [5.74, 6) is 2.61. The van der Waals surface area contributed by atoms with Crippen molar-refractivity contribution in [2.45, 2.75) is 49.0 Å². The zero-order chi connectivity index (χ0) is 22.3. The third-order valence-electron chi connectivity index (χ3n) is 6.93. The molecule has 4 saturated carbocycles. The van der Waals surface area contributed by atoms with Gasteiger partial charge in [0.15, 0.2) is 5.82 Å². The van der Waals surface area contributed by atoms with Crippen LogP contribution in [-0.2, 0) is 10.0 Å². The summed E-state index contributed by atoms with van der Waals surface area (Å²) in [7, 11) is -2.38. The molecule has 1 aromatic heterocycles. The van der Waals surface area contributed by atoms with Gasteiger partial charge in [0.05, 0.1) is 12.0 Å². The van der Waals surface area contributed by atoms with Crippen LogP contribution in [0, 0.1) is 17.8 Å². The zero-order valence-corrected chi connectivity index (χ0v) is 18.7. The topological polar surface area (TPSA) is 122 Å². The summed E-state index contributed by atoms with van der Waals surface area (Å²) in [6.07, 6.45) is 7.16. The van der Waals surface area contributed by atoms with E-state index < -0.39 is 10.0 Å². The van der Waals surface area contributed by atoms with Gasteiger partial charge in [-0.15, -0.1) is 10.2 Å². The average molecular weight is 458 g/mol. The fourth-order valence-corrected chi connectivity index (χ4v) is 7.06. The Kier molecular flexibility index (Phi) is 5.19. The van der Waals surface area contributed by atoms with Gasteiger partial charge in [0, 0.05) is 17.3 Å². The molecule has 0 atom stereocenters. The standard InChI is InChI=1S/C22H27N5O4S/c1-31-20-7-6-19(25-26-20)27-32(29,30)18-4-2-17(3-5-18)23-21(28)24-22-11-14-8-15(12-22)10-16(9-14)13-22/h2-7,14-16H,8-13H2,1H3,(H,25,27)(H2,23,24,28). The molecule has 0 saturated heterocycles. The van der Waals surface area contributed by atoms with E-state index >= 15 is 0 Å². The Morgan fingerprint density at radius 3 is 2.12 bits per heavy atom. The first-order valence-corrected chi connectivity index (χ1v) is 12.4. The van der Waals surface area contributed by atoms with E-state index in [0.29, 0.717) is 5.69 Å². The lowest BCUT2D eigenvalue weighted by atomic mass is 9.53. The van der Waals surface area contributed by atoms with E-state index in [9.17, 15) is 13.2 Å². The van der Waals surface area contributed by atoms with Crippen molar-refractivity contribution in [3.8, 4) is 5.88 Å². The fourth-order valence-electron chi connectivity index (χ4n) is 6.06. The molecule has 1 heterocycles. The summed E-state index contributed by atoms with van der Waals surface area (Å²) in [5, 5.41) is 13.6. The average Bonchev–Trinajstić information content (AvgIpc) is 2.73. The summed E-state index contributed by atoms with van der Waals surface area (Å²) >= 11 is 0. The van der Waals surface area contributed by atoms with Crippen molar-refractivity contribution in [2.75, 3.05) is 17.1 Å². The minimum absolute atomic E-state index is 0.0576. The third-order valence-corrected chi connectivity index (χ3v) is 8.30. The number of carbonyl (C=O) groups excluding carboxylic acids is 1. The molecule has 9 nitrogen and oxygen atoms in total. The molecule has 0 aliphatic heterocycles. The molecule has 6 rings (SSSR count). The predicted molar refractivity (Wildman–Crippen MR) is 119 cm³/mol. The first-order valence-electron chi connectivity index (χ1n) is 10.9. The van der Waals surface area contributed by atoms with Crippen molar-refractivity contribution < 1.29 is 17.9 Å². The van der Waals surface area contributed by atoms with Crippen molar-refractivity contribution in [1.82, 2.24) is 15.5 Å². The normalized spacial score (nSPS) is 28.2. The number of carbonyl (C=O) groups is 1. The number of nitrogens with zero attached hydrogens (tertiary/aromatic N) is 2. The van der Waals surface area contributed by atoms with E-state index in [4.69, 9.17) is 4.74 Å². The Morgan fingerprint density at radius 1 is 0.969 bits per heavy atom. The van der Waals surface area contributed by atoms with Gasteiger partial charge < -0.3 is 15.4 Å². The molecule has 4 fully saturated rings. The molecule has 170 valence electrons. The Balaban J connectivity index is 1.21. The van der Waals surface area contributed by atoms with Crippen LogP contribution in [0.1, 0.15) is 38.5 Å². The minimum Gasteiger partial charge on any atom is -0.480 e. The van der Waals surface area contributed by atoms with Crippen LogP contribution >= 0.6 is 0 Å². The molecule has 32 heavy (non-hydrogen) atoms. The molecule has 0 spiro atoms. The van der Waals surface area contributed by atoms with Crippen LogP contribution in [0.15, 0.2) is 41.3 Å². The summed E-state index contributed by atoms with van der Waals surface area (Å²) in [4.78, 5) is 12.8. The maximum Gasteiger partial charge on any atom is 0.319 e. The SMILES string of the molecule is COc1ccc(NS(=O)(=O)c2ccc(NC(=O)NC34CC5CC(CC(C5)C3)C4)cc2)nn1. The first-order chi connectivity index (χ1) is 15.3. The number of methoxy groups -OCH3 is 1. The second-order valence-corrected chi connectivity index (χ2v) is 11.1. The van der Waals surface area contributed by atoms with E-state index in [1.54, 1.807) is 12.1 Å². The van der Waals surface area contributed by atoms with E-state index in [1.807, 2.05) is 0 Å². The first kappa shape index (κ1) is 21.0. The minimum atomic E-state index is -3.84. The number of urea groups is 1. The van der Waals surface area contributed by atoms with Crippen LogP contribution < -0.4 is 20.1 Å². The number of rotatable bonds is 6. The molecule has 10 heteroatoms. The fraction of sp³-hybridized carbons (Fsp3) is 0.500. The van der Waals surface area contributed by atoms with Crippen molar-refractivity contribution in [1.29, 1.82) is 0 Å². The summed E-state index contributed by atoms with van der Waals surface area (Å²) in [6, 6.07) is 8.79. The number of sulfonamides is 1. The van der Waals surface area contributed by atoms with Gasteiger partial charge in [0.2, 0.25) is 5.88 Å². The molecule has 4 bridgehead atoms. The van der Waals surface area contributed by atoms with Gasteiger partial charge in [-0.25, -0.2) is 13.2 Å². The molecule has 4 aliphatic rings. The van der Waals surface area contributed by atoms with Crippen molar-refractivity contribution in [2.24, 2.45) is 17.8 Å². The van der Waals surface area contributed by atoms with Gasteiger partial charge in [-0.3, -0.25) is 4.72 Å². The zero-order valence-electron chi connectivity index (χ0n) is 17.9. The van der Waals surface area contributed by atoms with Gasteiger partial charge in [-0.2, -0.15) is 0 Å². The molecular formula is C22H27N5O4S. The molecule has 2 aromatic rings. The second-order valence-electron chi connectivity index (χ2n) is 9.37. The van der Waals surface area contributed by atoms with E-state index in [2.05, 4.69) is 25.6 Å². The monoisotopic (exact) mass is 457 g/mol. The molecule has 0 radical (unpaired) electrons. The highest BCUT2D eigenvalue weighted by Crippen LogP contribution is 2.55. The molecular weight excluding hydrogens is 430 g/mol. The summed E-state index contributed by atoms with van der Waals surface area (Å²) in [6.45, 7) is 0. The van der Waals surface area contributed by atoms with Crippen LogP contribution in [0.2, 0.25) is 0 Å². The van der Waals surface area contributed by atoms with Gasteiger partial charge >= 0.3 is 6.03 Å². The number of benzene rings is 1. The van der Waals surface area contributed by atoms with Crippen LogP contribution in [0.3, 0.4) is 0 Å². The highest BCUT2D eigenvalue weighted by molar-refractivity contribution is 7.92. The predicted octanol–water partition coefficient (Wildman–Crippen LogP) is 3.38. The second kappa shape index (κ2) is 7.91. The van der Waals surface area contributed by atoms with Crippen molar-refractivity contribution >= 4 is 27.6 Å². The largest absolute Gasteiger partial charge is 0.480 e. The molecule has 0 unspecified atom stereocenters. The van der Waals surface area contributed by atoms with Gasteiger partial charge in [-0.05, 0) is 86.6 Å². The van der Waals surface area contributed by atoms with Gasteiger partial charge in [-0.1, -0.05) is 0 Å². The van der Waals surface area contributed by atoms with Crippen LogP contribution in [0.5, 0.6) is 5.88 Å². The third kappa shape index (κ3) is 4.23. The Morgan fingerprint density at radius 2 is 1.59 bits per heavy atom. The number of ether oxygens (including phenoxy) is 1. The van der Waals surface area contributed by atoms with Gasteiger partial charge in [0.1, 0.15) is 0 Å². The van der Waals surface area contributed by atoms with Crippen molar-refractivity contribution in [3.63, 3.8) is 0 Å². The maximum atomic E-state index is 12.7.